The van der Waals surface area contributed by atoms with Gasteiger partial charge in [-0.2, -0.15) is 0 Å². The lowest BCUT2D eigenvalue weighted by molar-refractivity contribution is -0.107. The molecular weight excluding hydrogens is 575 g/mol. The SMILES string of the molecule is CC(C)(O)C(C)(C)O.CCCCCCCCC1(CCCCCCCC)c2cc(Br)ccc2-c2ccc(B(O)O)cc21. The molecule has 230 valence electrons. The van der Waals surface area contributed by atoms with Crippen molar-refractivity contribution in [3.05, 3.63) is 52.0 Å². The zero-order valence-electron chi connectivity index (χ0n) is 26.6. The Morgan fingerprint density at radius 3 is 1.49 bits per heavy atom. The van der Waals surface area contributed by atoms with E-state index in [1.54, 1.807) is 27.7 Å². The van der Waals surface area contributed by atoms with E-state index < -0.39 is 18.3 Å². The fourth-order valence-electron chi connectivity index (χ4n) is 5.72. The third-order valence-corrected chi connectivity index (χ3v) is 9.55. The number of benzene rings is 2. The number of rotatable bonds is 16. The van der Waals surface area contributed by atoms with E-state index in [0.29, 0.717) is 5.46 Å². The molecule has 6 heteroatoms. The van der Waals surface area contributed by atoms with Crippen molar-refractivity contribution in [3.63, 3.8) is 0 Å². The van der Waals surface area contributed by atoms with Crippen molar-refractivity contribution in [1.29, 1.82) is 0 Å². The maximum Gasteiger partial charge on any atom is 0.488 e. The molecule has 2 aromatic carbocycles. The third kappa shape index (κ3) is 10.2. The summed E-state index contributed by atoms with van der Waals surface area (Å²) in [6, 6.07) is 12.8. The summed E-state index contributed by atoms with van der Waals surface area (Å²) < 4.78 is 1.13. The van der Waals surface area contributed by atoms with E-state index >= 15 is 0 Å². The minimum Gasteiger partial charge on any atom is -0.423 e. The van der Waals surface area contributed by atoms with Gasteiger partial charge >= 0.3 is 7.12 Å². The lowest BCUT2D eigenvalue weighted by Crippen LogP contribution is -2.44. The van der Waals surface area contributed by atoms with Crippen molar-refractivity contribution in [2.45, 2.75) is 148 Å². The number of hydrogen-bond acceptors (Lipinski definition) is 4. The summed E-state index contributed by atoms with van der Waals surface area (Å²) >= 11 is 3.74. The Balaban J connectivity index is 0.000000642. The highest BCUT2D eigenvalue weighted by molar-refractivity contribution is 9.10. The first-order chi connectivity index (χ1) is 19.3. The molecule has 0 radical (unpaired) electrons. The molecule has 0 saturated heterocycles. The lowest BCUT2D eigenvalue weighted by Gasteiger charge is -2.33. The fourth-order valence-corrected chi connectivity index (χ4v) is 6.08. The van der Waals surface area contributed by atoms with E-state index in [4.69, 9.17) is 10.2 Å². The summed E-state index contributed by atoms with van der Waals surface area (Å²) in [6.07, 6.45) is 17.8. The van der Waals surface area contributed by atoms with Gasteiger partial charge in [0.1, 0.15) is 0 Å². The van der Waals surface area contributed by atoms with Crippen LogP contribution in [0.4, 0.5) is 0 Å². The molecule has 4 N–H and O–H groups in total. The second kappa shape index (κ2) is 16.6. The van der Waals surface area contributed by atoms with E-state index in [1.807, 2.05) is 6.07 Å². The molecule has 41 heavy (non-hydrogen) atoms. The van der Waals surface area contributed by atoms with Gasteiger partial charge in [-0.15, -0.1) is 0 Å². The van der Waals surface area contributed by atoms with Crippen molar-refractivity contribution < 1.29 is 20.3 Å². The number of fused-ring (bicyclic) bond motifs is 3. The van der Waals surface area contributed by atoms with Crippen molar-refractivity contribution >= 4 is 28.5 Å². The summed E-state index contributed by atoms with van der Waals surface area (Å²) in [5.74, 6) is 0. The molecule has 3 rings (SSSR count). The van der Waals surface area contributed by atoms with Crippen LogP contribution >= 0.6 is 15.9 Å². The standard InChI is InChI=1S/C29H42BBrO2.C6H14O2/c1-3-5-7-9-11-13-19-29(20-14-12-10-8-6-4-2)27-21-23(30(32)33)15-17-25(27)26-18-16-24(31)22-28(26)29;1-5(2,7)6(3,4)8/h15-18,21-22,32-33H,3-14,19-20H2,1-2H3;7-8H,1-4H3. The van der Waals surface area contributed by atoms with Gasteiger partial charge in [0, 0.05) is 9.89 Å². The molecule has 4 nitrogen and oxygen atoms in total. The highest BCUT2D eigenvalue weighted by Crippen LogP contribution is 2.54. The molecule has 0 atom stereocenters. The Bertz CT molecular complexity index is 1030. The van der Waals surface area contributed by atoms with Crippen molar-refractivity contribution in [2.24, 2.45) is 0 Å². The van der Waals surface area contributed by atoms with Crippen molar-refractivity contribution in [1.82, 2.24) is 0 Å². The molecule has 1 aliphatic carbocycles. The van der Waals surface area contributed by atoms with Crippen LogP contribution in [0.3, 0.4) is 0 Å². The Morgan fingerprint density at radius 2 is 1.05 bits per heavy atom. The fraction of sp³-hybridized carbons (Fsp3) is 0.657. The molecule has 0 bridgehead atoms. The van der Waals surface area contributed by atoms with Crippen LogP contribution < -0.4 is 5.46 Å². The minimum absolute atomic E-state index is 0.0329. The third-order valence-electron chi connectivity index (χ3n) is 9.06. The smallest absolute Gasteiger partial charge is 0.423 e. The van der Waals surface area contributed by atoms with E-state index in [0.717, 1.165) is 17.3 Å². The van der Waals surface area contributed by atoms with Gasteiger partial charge in [0.05, 0.1) is 11.2 Å². The first-order valence-corrected chi connectivity index (χ1v) is 16.8. The van der Waals surface area contributed by atoms with Crippen LogP contribution in [0.2, 0.25) is 0 Å². The Kier molecular flexibility index (Phi) is 14.6. The molecule has 0 spiro atoms. The van der Waals surface area contributed by atoms with Gasteiger partial charge in [0.2, 0.25) is 0 Å². The zero-order chi connectivity index (χ0) is 30.7. The second-order valence-corrected chi connectivity index (χ2v) is 14.0. The zero-order valence-corrected chi connectivity index (χ0v) is 28.2. The maximum absolute atomic E-state index is 9.93. The summed E-state index contributed by atoms with van der Waals surface area (Å²) in [4.78, 5) is 0. The largest absolute Gasteiger partial charge is 0.488 e. The molecule has 0 saturated carbocycles. The lowest BCUT2D eigenvalue weighted by atomic mass is 9.68. The van der Waals surface area contributed by atoms with Gasteiger partial charge in [-0.3, -0.25) is 0 Å². The Morgan fingerprint density at radius 1 is 0.634 bits per heavy atom. The van der Waals surface area contributed by atoms with E-state index in [1.165, 1.54) is 99.3 Å². The maximum atomic E-state index is 9.93. The molecule has 0 unspecified atom stereocenters. The minimum atomic E-state index is -1.42. The number of hydrogen-bond donors (Lipinski definition) is 4. The summed E-state index contributed by atoms with van der Waals surface area (Å²) in [7, 11) is -1.42. The van der Waals surface area contributed by atoms with E-state index in [-0.39, 0.29) is 5.41 Å². The number of halogens is 1. The first-order valence-electron chi connectivity index (χ1n) is 16.0. The summed E-state index contributed by atoms with van der Waals surface area (Å²) in [5.41, 5.74) is 3.90. The quantitative estimate of drug-likeness (QED) is 0.111. The Labute approximate surface area is 259 Å². The molecule has 0 aromatic heterocycles. The number of aliphatic hydroxyl groups is 2. The predicted octanol–water partition coefficient (Wildman–Crippen LogP) is 8.42. The van der Waals surface area contributed by atoms with Crippen LogP contribution in [-0.4, -0.2) is 38.6 Å². The van der Waals surface area contributed by atoms with Crippen LogP contribution in [0.5, 0.6) is 0 Å². The molecule has 0 aliphatic heterocycles. The van der Waals surface area contributed by atoms with Gasteiger partial charge < -0.3 is 20.3 Å². The molecule has 0 amide bonds. The molecular formula is C35H56BBrO4. The van der Waals surface area contributed by atoms with E-state index in [2.05, 4.69) is 60.1 Å². The predicted molar refractivity (Wildman–Crippen MR) is 179 cm³/mol. The van der Waals surface area contributed by atoms with Crippen LogP contribution in [-0.2, 0) is 5.41 Å². The topological polar surface area (TPSA) is 80.9 Å². The van der Waals surface area contributed by atoms with Gasteiger partial charge in [-0.25, -0.2) is 0 Å². The van der Waals surface area contributed by atoms with Crippen molar-refractivity contribution in [2.75, 3.05) is 0 Å². The molecule has 2 aromatic rings. The summed E-state index contributed by atoms with van der Waals surface area (Å²) in [6.45, 7) is 10.8. The van der Waals surface area contributed by atoms with Gasteiger partial charge in [0.15, 0.2) is 0 Å². The second-order valence-electron chi connectivity index (χ2n) is 13.1. The van der Waals surface area contributed by atoms with E-state index in [9.17, 15) is 10.0 Å². The average molecular weight is 632 g/mol. The number of unbranched alkanes of at least 4 members (excludes halogenated alkanes) is 10. The van der Waals surface area contributed by atoms with Crippen LogP contribution in [0.25, 0.3) is 11.1 Å². The van der Waals surface area contributed by atoms with Crippen LogP contribution in [0.15, 0.2) is 40.9 Å². The highest BCUT2D eigenvalue weighted by Gasteiger charge is 2.42. The normalized spacial score (nSPS) is 13.8. The Hall–Kier alpha value is -1.18. The van der Waals surface area contributed by atoms with Gasteiger partial charge in [0.25, 0.3) is 0 Å². The molecule has 0 heterocycles. The summed E-state index contributed by atoms with van der Waals surface area (Å²) in [5, 5.41) is 38.1. The molecule has 0 fully saturated rings. The van der Waals surface area contributed by atoms with Gasteiger partial charge in [-0.05, 0) is 80.4 Å². The van der Waals surface area contributed by atoms with Crippen LogP contribution in [0, 0.1) is 0 Å². The monoisotopic (exact) mass is 630 g/mol. The first kappa shape index (κ1) is 36.0. The van der Waals surface area contributed by atoms with Gasteiger partial charge in [-0.1, -0.05) is 131 Å². The van der Waals surface area contributed by atoms with Crippen LogP contribution in [0.1, 0.15) is 143 Å². The highest BCUT2D eigenvalue weighted by atomic mass is 79.9. The average Bonchev–Trinajstić information content (AvgIpc) is 3.16. The van der Waals surface area contributed by atoms with Crippen molar-refractivity contribution in [3.8, 4) is 11.1 Å². The molecule has 1 aliphatic rings.